The van der Waals surface area contributed by atoms with Crippen LogP contribution in [0, 0.1) is 13.8 Å². The second-order valence-electron chi connectivity index (χ2n) is 7.57. The van der Waals surface area contributed by atoms with Gasteiger partial charge in [-0.1, -0.05) is 42.1 Å². The molecule has 8 heteroatoms. The Morgan fingerprint density at radius 1 is 1.12 bits per heavy atom. The van der Waals surface area contributed by atoms with Gasteiger partial charge in [0.2, 0.25) is 5.91 Å². The van der Waals surface area contributed by atoms with E-state index in [2.05, 4.69) is 5.32 Å². The Labute approximate surface area is 200 Å². The first-order valence-corrected chi connectivity index (χ1v) is 12.4. The summed E-state index contributed by atoms with van der Waals surface area (Å²) in [5, 5.41) is 4.12. The van der Waals surface area contributed by atoms with Crippen molar-refractivity contribution in [3.05, 3.63) is 81.0 Å². The summed E-state index contributed by atoms with van der Waals surface area (Å²) in [7, 11) is 1.64. The van der Waals surface area contributed by atoms with Crippen LogP contribution in [0.2, 0.25) is 0 Å². The maximum atomic E-state index is 13.4. The quantitative estimate of drug-likeness (QED) is 0.297. The highest BCUT2D eigenvalue weighted by molar-refractivity contribution is 7.99. The molecule has 0 radical (unpaired) electrons. The van der Waals surface area contributed by atoms with Gasteiger partial charge >= 0.3 is 0 Å². The van der Waals surface area contributed by atoms with Gasteiger partial charge in [-0.2, -0.15) is 0 Å². The van der Waals surface area contributed by atoms with Gasteiger partial charge in [0.05, 0.1) is 23.9 Å². The fraction of sp³-hybridized carbons (Fsp3) is 0.240. The highest BCUT2D eigenvalue weighted by atomic mass is 32.2. The summed E-state index contributed by atoms with van der Waals surface area (Å²) >= 11 is 2.79. The summed E-state index contributed by atoms with van der Waals surface area (Å²) in [4.78, 5) is 32.5. The molecule has 0 spiro atoms. The molecule has 33 heavy (non-hydrogen) atoms. The van der Waals surface area contributed by atoms with Crippen molar-refractivity contribution in [2.45, 2.75) is 25.4 Å². The predicted octanol–water partition coefficient (Wildman–Crippen LogP) is 4.52. The lowest BCUT2D eigenvalue weighted by atomic mass is 10.1. The van der Waals surface area contributed by atoms with Gasteiger partial charge in [-0.3, -0.25) is 14.2 Å². The van der Waals surface area contributed by atoms with Crippen LogP contribution in [0.5, 0.6) is 5.75 Å². The number of aromatic nitrogens is 2. The van der Waals surface area contributed by atoms with E-state index in [1.807, 2.05) is 68.4 Å². The molecule has 0 aliphatic rings. The smallest absolute Gasteiger partial charge is 0.267 e. The van der Waals surface area contributed by atoms with Crippen molar-refractivity contribution in [3.63, 3.8) is 0 Å². The Morgan fingerprint density at radius 3 is 2.55 bits per heavy atom. The molecule has 170 valence electrons. The van der Waals surface area contributed by atoms with Crippen molar-refractivity contribution in [2.75, 3.05) is 19.4 Å². The Balaban J connectivity index is 1.49. The minimum atomic E-state index is -0.101. The van der Waals surface area contributed by atoms with E-state index in [1.165, 1.54) is 23.1 Å². The fourth-order valence-electron chi connectivity index (χ4n) is 3.50. The van der Waals surface area contributed by atoms with Crippen molar-refractivity contribution in [3.8, 4) is 11.4 Å². The van der Waals surface area contributed by atoms with Gasteiger partial charge in [-0.15, -0.1) is 11.3 Å². The number of rotatable bonds is 8. The standard InChI is InChI=1S/C25H25N3O3S2/c1-16-17(2)33-23-22(16)24(30)28(19-7-5-4-6-8-19)25(27-23)32-15-21(29)26-14-13-18-9-11-20(31-3)12-10-18/h4-12H,13-15H2,1-3H3,(H,26,29). The SMILES string of the molecule is COc1ccc(CCNC(=O)CSc2nc3sc(C)c(C)c3c(=O)n2-c2ccccc2)cc1. The predicted molar refractivity (Wildman–Crippen MR) is 135 cm³/mol. The zero-order valence-corrected chi connectivity index (χ0v) is 20.4. The third-order valence-corrected chi connectivity index (χ3v) is 7.45. The van der Waals surface area contributed by atoms with Crippen molar-refractivity contribution in [2.24, 2.45) is 0 Å². The number of thiophene rings is 1. The van der Waals surface area contributed by atoms with Gasteiger partial charge in [-0.05, 0) is 55.7 Å². The molecule has 2 aromatic carbocycles. The molecule has 0 fully saturated rings. The number of nitrogens with zero attached hydrogens (tertiary/aromatic N) is 2. The van der Waals surface area contributed by atoms with Crippen LogP contribution in [0.4, 0.5) is 0 Å². The number of ether oxygens (including phenoxy) is 1. The summed E-state index contributed by atoms with van der Waals surface area (Å²) in [6, 6.07) is 17.2. The maximum Gasteiger partial charge on any atom is 0.267 e. The molecule has 6 nitrogen and oxygen atoms in total. The van der Waals surface area contributed by atoms with Crippen molar-refractivity contribution in [1.82, 2.24) is 14.9 Å². The van der Waals surface area contributed by atoms with Gasteiger partial charge in [0.1, 0.15) is 10.6 Å². The zero-order chi connectivity index (χ0) is 23.4. The number of nitrogens with one attached hydrogen (secondary N) is 1. The second kappa shape index (κ2) is 10.2. The molecule has 0 aliphatic heterocycles. The van der Waals surface area contributed by atoms with E-state index >= 15 is 0 Å². The molecule has 0 saturated heterocycles. The number of hydrogen-bond donors (Lipinski definition) is 1. The van der Waals surface area contributed by atoms with Crippen LogP contribution >= 0.6 is 23.1 Å². The molecule has 2 heterocycles. The highest BCUT2D eigenvalue weighted by Gasteiger charge is 2.18. The number of fused-ring (bicyclic) bond motifs is 1. The van der Waals surface area contributed by atoms with E-state index in [4.69, 9.17) is 9.72 Å². The van der Waals surface area contributed by atoms with Crippen molar-refractivity contribution < 1.29 is 9.53 Å². The van der Waals surface area contributed by atoms with Gasteiger partial charge in [0, 0.05) is 11.4 Å². The molecule has 0 bridgehead atoms. The topological polar surface area (TPSA) is 73.2 Å². The van der Waals surface area contributed by atoms with Crippen LogP contribution in [-0.4, -0.2) is 34.9 Å². The number of hydrogen-bond acceptors (Lipinski definition) is 6. The molecule has 4 aromatic rings. The highest BCUT2D eigenvalue weighted by Crippen LogP contribution is 2.29. The Kier molecular flexibility index (Phi) is 7.15. The van der Waals surface area contributed by atoms with Crippen LogP contribution in [0.3, 0.4) is 0 Å². The molecule has 0 saturated carbocycles. The third kappa shape index (κ3) is 5.12. The summed E-state index contributed by atoms with van der Waals surface area (Å²) in [6.07, 6.45) is 0.729. The molecule has 2 aromatic heterocycles. The van der Waals surface area contributed by atoms with Crippen LogP contribution in [0.1, 0.15) is 16.0 Å². The number of thioether (sulfide) groups is 1. The fourth-order valence-corrected chi connectivity index (χ4v) is 5.41. The lowest BCUT2D eigenvalue weighted by Gasteiger charge is -2.12. The Morgan fingerprint density at radius 2 is 1.85 bits per heavy atom. The summed E-state index contributed by atoms with van der Waals surface area (Å²) in [5.74, 6) is 0.891. The van der Waals surface area contributed by atoms with E-state index < -0.39 is 0 Å². The normalized spacial score (nSPS) is 11.0. The first kappa shape index (κ1) is 23.1. The van der Waals surface area contributed by atoms with E-state index in [9.17, 15) is 9.59 Å². The minimum Gasteiger partial charge on any atom is -0.497 e. The first-order valence-electron chi connectivity index (χ1n) is 10.6. The number of benzene rings is 2. The average Bonchev–Trinajstić information content (AvgIpc) is 3.12. The van der Waals surface area contributed by atoms with Crippen LogP contribution < -0.4 is 15.6 Å². The number of carbonyl (C=O) groups excluding carboxylic acids is 1. The lowest BCUT2D eigenvalue weighted by molar-refractivity contribution is -0.118. The number of aryl methyl sites for hydroxylation is 2. The maximum absolute atomic E-state index is 13.4. The van der Waals surface area contributed by atoms with Gasteiger partial charge in [0.15, 0.2) is 5.16 Å². The molecular weight excluding hydrogens is 454 g/mol. The largest absolute Gasteiger partial charge is 0.497 e. The summed E-state index contributed by atoms with van der Waals surface area (Å²) in [5.41, 5.74) is 2.72. The summed E-state index contributed by atoms with van der Waals surface area (Å²) < 4.78 is 6.78. The monoisotopic (exact) mass is 479 g/mol. The first-order chi connectivity index (χ1) is 16.0. The molecule has 0 aliphatic carbocycles. The third-order valence-electron chi connectivity index (χ3n) is 5.41. The number of carbonyl (C=O) groups is 1. The lowest BCUT2D eigenvalue weighted by Crippen LogP contribution is -2.28. The van der Waals surface area contributed by atoms with Crippen LogP contribution in [0.15, 0.2) is 64.5 Å². The zero-order valence-electron chi connectivity index (χ0n) is 18.8. The minimum absolute atomic E-state index is 0.0963. The van der Waals surface area contributed by atoms with Crippen molar-refractivity contribution >= 4 is 39.2 Å². The number of para-hydroxylation sites is 1. The summed E-state index contributed by atoms with van der Waals surface area (Å²) in [6.45, 7) is 4.49. The second-order valence-corrected chi connectivity index (χ2v) is 9.72. The van der Waals surface area contributed by atoms with Crippen LogP contribution in [0.25, 0.3) is 15.9 Å². The molecule has 4 rings (SSSR count). The van der Waals surface area contributed by atoms with Gasteiger partial charge in [0.25, 0.3) is 5.56 Å². The molecular formula is C25H25N3O3S2. The van der Waals surface area contributed by atoms with Gasteiger partial charge < -0.3 is 10.1 Å². The van der Waals surface area contributed by atoms with Gasteiger partial charge in [-0.25, -0.2) is 4.98 Å². The Hall–Kier alpha value is -3.10. The van der Waals surface area contributed by atoms with Crippen molar-refractivity contribution in [1.29, 1.82) is 0 Å². The number of methoxy groups -OCH3 is 1. The van der Waals surface area contributed by atoms with E-state index in [0.717, 1.165) is 33.9 Å². The van der Waals surface area contributed by atoms with E-state index in [0.29, 0.717) is 21.9 Å². The average molecular weight is 480 g/mol. The molecule has 0 unspecified atom stereocenters. The van der Waals surface area contributed by atoms with E-state index in [-0.39, 0.29) is 17.2 Å². The molecule has 0 atom stereocenters. The molecule has 1 amide bonds. The van der Waals surface area contributed by atoms with E-state index in [1.54, 1.807) is 11.7 Å². The number of amides is 1. The Bertz CT molecular complexity index is 1330. The molecule has 1 N–H and O–H groups in total. The van der Waals surface area contributed by atoms with Crippen LogP contribution in [-0.2, 0) is 11.2 Å².